The molecule has 0 aromatic carbocycles. The number of rotatable bonds is 4. The van der Waals surface area contributed by atoms with Gasteiger partial charge in [-0.25, -0.2) is 0 Å². The molecule has 3 aliphatic rings. The van der Waals surface area contributed by atoms with Gasteiger partial charge in [0.1, 0.15) is 12.6 Å². The lowest BCUT2D eigenvalue weighted by atomic mass is 9.45. The molecular formula is C14H22O2. The van der Waals surface area contributed by atoms with Gasteiger partial charge < -0.3 is 9.59 Å². The van der Waals surface area contributed by atoms with Gasteiger partial charge in [0.25, 0.3) is 0 Å². The number of hydrogen-bond donors (Lipinski definition) is 0. The van der Waals surface area contributed by atoms with Crippen molar-refractivity contribution < 1.29 is 9.59 Å². The summed E-state index contributed by atoms with van der Waals surface area (Å²) in [5, 5.41) is 0. The summed E-state index contributed by atoms with van der Waals surface area (Å²) in [5.41, 5.74) is 0.527. The minimum Gasteiger partial charge on any atom is -0.303 e. The quantitative estimate of drug-likeness (QED) is 0.685. The van der Waals surface area contributed by atoms with Crippen LogP contribution in [0.1, 0.15) is 52.4 Å². The number of carbonyl (C=O) groups is 2. The first-order chi connectivity index (χ1) is 7.56. The second-order valence-corrected chi connectivity index (χ2v) is 6.32. The summed E-state index contributed by atoms with van der Waals surface area (Å²) in [6, 6.07) is 0. The summed E-state index contributed by atoms with van der Waals surface area (Å²) in [5.74, 6) is 0.614. The molecule has 0 unspecified atom stereocenters. The van der Waals surface area contributed by atoms with E-state index in [1.54, 1.807) is 0 Å². The maximum absolute atomic E-state index is 11.4. The van der Waals surface area contributed by atoms with E-state index in [2.05, 4.69) is 13.8 Å². The SMILES string of the molecule is CC12CCC(C)(CC1)[C@H](CCC=O)[C@H]2C=O. The van der Waals surface area contributed by atoms with Gasteiger partial charge in [0.05, 0.1) is 0 Å². The van der Waals surface area contributed by atoms with Crippen LogP contribution in [-0.2, 0) is 9.59 Å². The van der Waals surface area contributed by atoms with Crippen molar-refractivity contribution in [3.05, 3.63) is 0 Å². The number of carbonyl (C=O) groups excluding carboxylic acids is 2. The largest absolute Gasteiger partial charge is 0.303 e. The van der Waals surface area contributed by atoms with Crippen LogP contribution < -0.4 is 0 Å². The molecule has 3 aliphatic carbocycles. The van der Waals surface area contributed by atoms with Crippen molar-refractivity contribution >= 4 is 12.6 Å². The van der Waals surface area contributed by atoms with Gasteiger partial charge in [0, 0.05) is 12.3 Å². The van der Waals surface area contributed by atoms with Crippen LogP contribution in [0.4, 0.5) is 0 Å². The van der Waals surface area contributed by atoms with E-state index in [-0.39, 0.29) is 11.3 Å². The van der Waals surface area contributed by atoms with E-state index in [0.29, 0.717) is 17.8 Å². The highest BCUT2D eigenvalue weighted by Crippen LogP contribution is 2.62. The number of hydrogen-bond acceptors (Lipinski definition) is 2. The third kappa shape index (κ3) is 1.63. The van der Waals surface area contributed by atoms with E-state index < -0.39 is 0 Å². The molecule has 0 N–H and O–H groups in total. The molecule has 0 radical (unpaired) electrons. The molecule has 0 aromatic heterocycles. The van der Waals surface area contributed by atoms with Gasteiger partial charge in [-0.1, -0.05) is 13.8 Å². The Bertz CT molecular complexity index is 287. The van der Waals surface area contributed by atoms with Crippen molar-refractivity contribution in [2.45, 2.75) is 52.4 Å². The van der Waals surface area contributed by atoms with E-state index in [1.165, 1.54) is 32.0 Å². The molecule has 0 aliphatic heterocycles. The van der Waals surface area contributed by atoms with Crippen LogP contribution in [0.25, 0.3) is 0 Å². The summed E-state index contributed by atoms with van der Waals surface area (Å²) in [6.45, 7) is 4.58. The van der Waals surface area contributed by atoms with Crippen molar-refractivity contribution in [1.29, 1.82) is 0 Å². The van der Waals surface area contributed by atoms with E-state index >= 15 is 0 Å². The van der Waals surface area contributed by atoms with E-state index in [4.69, 9.17) is 0 Å². The van der Waals surface area contributed by atoms with Crippen molar-refractivity contribution in [3.8, 4) is 0 Å². The maximum atomic E-state index is 11.4. The Morgan fingerprint density at radius 1 is 1.06 bits per heavy atom. The molecule has 0 heterocycles. The van der Waals surface area contributed by atoms with Crippen LogP contribution in [0.2, 0.25) is 0 Å². The van der Waals surface area contributed by atoms with Crippen molar-refractivity contribution in [3.63, 3.8) is 0 Å². The highest BCUT2D eigenvalue weighted by molar-refractivity contribution is 5.57. The van der Waals surface area contributed by atoms with Crippen molar-refractivity contribution in [1.82, 2.24) is 0 Å². The molecule has 3 saturated carbocycles. The molecule has 0 amide bonds. The lowest BCUT2D eigenvalue weighted by Crippen LogP contribution is -2.52. The van der Waals surface area contributed by atoms with Crippen LogP contribution >= 0.6 is 0 Å². The highest BCUT2D eigenvalue weighted by atomic mass is 16.1. The van der Waals surface area contributed by atoms with Gasteiger partial charge in [0.15, 0.2) is 0 Å². The summed E-state index contributed by atoms with van der Waals surface area (Å²) in [6.07, 6.45) is 8.52. The average molecular weight is 222 g/mol. The zero-order valence-electron chi connectivity index (χ0n) is 10.4. The number of fused-ring (bicyclic) bond motifs is 3. The molecule has 3 fully saturated rings. The Balaban J connectivity index is 2.24. The van der Waals surface area contributed by atoms with Crippen LogP contribution in [-0.4, -0.2) is 12.6 Å². The average Bonchev–Trinajstić information content (AvgIpc) is 2.28. The Kier molecular flexibility index (Phi) is 2.93. The molecule has 16 heavy (non-hydrogen) atoms. The Morgan fingerprint density at radius 2 is 1.62 bits per heavy atom. The molecule has 0 aromatic rings. The number of aldehydes is 2. The molecular weight excluding hydrogens is 200 g/mol. The summed E-state index contributed by atoms with van der Waals surface area (Å²) < 4.78 is 0. The molecule has 0 spiro atoms. The zero-order chi connectivity index (χ0) is 11.8. The van der Waals surface area contributed by atoms with Gasteiger partial charge in [-0.15, -0.1) is 0 Å². The third-order valence-corrected chi connectivity index (χ3v) is 5.41. The standard InChI is InChI=1S/C14H22O2/c1-13-5-7-14(2,8-6-13)12(10-16)11(13)4-3-9-15/h9-12H,3-8H2,1-2H3/t11-,12-,13?,14?/m1/s1. The van der Waals surface area contributed by atoms with E-state index in [9.17, 15) is 9.59 Å². The van der Waals surface area contributed by atoms with Gasteiger partial charge in [0.2, 0.25) is 0 Å². The topological polar surface area (TPSA) is 34.1 Å². The lowest BCUT2D eigenvalue weighted by Gasteiger charge is -2.59. The van der Waals surface area contributed by atoms with Crippen molar-refractivity contribution in [2.24, 2.45) is 22.7 Å². The van der Waals surface area contributed by atoms with Gasteiger partial charge >= 0.3 is 0 Å². The summed E-state index contributed by atoms with van der Waals surface area (Å²) in [4.78, 5) is 21.9. The molecule has 2 heteroatoms. The first-order valence-electron chi connectivity index (χ1n) is 6.45. The summed E-state index contributed by atoms with van der Waals surface area (Å²) >= 11 is 0. The Labute approximate surface area is 97.8 Å². The van der Waals surface area contributed by atoms with Crippen LogP contribution in [0.15, 0.2) is 0 Å². The second-order valence-electron chi connectivity index (χ2n) is 6.32. The minimum atomic E-state index is 0.181. The molecule has 90 valence electrons. The first kappa shape index (κ1) is 11.8. The fourth-order valence-electron chi connectivity index (χ4n) is 4.05. The molecule has 0 saturated heterocycles. The third-order valence-electron chi connectivity index (χ3n) is 5.41. The van der Waals surface area contributed by atoms with E-state index in [0.717, 1.165) is 12.7 Å². The minimum absolute atomic E-state index is 0.181. The molecule has 3 rings (SSSR count). The normalized spacial score (nSPS) is 46.6. The summed E-state index contributed by atoms with van der Waals surface area (Å²) in [7, 11) is 0. The second kappa shape index (κ2) is 3.97. The van der Waals surface area contributed by atoms with E-state index in [1.807, 2.05) is 0 Å². The molecule has 2 bridgehead atoms. The van der Waals surface area contributed by atoms with Crippen LogP contribution in [0.5, 0.6) is 0 Å². The molecule has 2 atom stereocenters. The predicted molar refractivity (Wildman–Crippen MR) is 63.0 cm³/mol. The van der Waals surface area contributed by atoms with Crippen LogP contribution in [0, 0.1) is 22.7 Å². The highest BCUT2D eigenvalue weighted by Gasteiger charge is 2.55. The monoisotopic (exact) mass is 222 g/mol. The zero-order valence-corrected chi connectivity index (χ0v) is 10.4. The molecule has 2 nitrogen and oxygen atoms in total. The van der Waals surface area contributed by atoms with Gasteiger partial charge in [-0.2, -0.15) is 0 Å². The Hall–Kier alpha value is -0.660. The van der Waals surface area contributed by atoms with Gasteiger partial charge in [-0.05, 0) is 48.9 Å². The maximum Gasteiger partial charge on any atom is 0.123 e. The predicted octanol–water partition coefficient (Wildman–Crippen LogP) is 3.00. The lowest BCUT2D eigenvalue weighted by molar-refractivity contribution is -0.140. The van der Waals surface area contributed by atoms with Crippen LogP contribution in [0.3, 0.4) is 0 Å². The fraction of sp³-hybridized carbons (Fsp3) is 0.857. The Morgan fingerprint density at radius 3 is 2.12 bits per heavy atom. The fourth-order valence-corrected chi connectivity index (χ4v) is 4.05. The van der Waals surface area contributed by atoms with Gasteiger partial charge in [-0.3, -0.25) is 0 Å². The first-order valence-corrected chi connectivity index (χ1v) is 6.45. The van der Waals surface area contributed by atoms with Crippen molar-refractivity contribution in [2.75, 3.05) is 0 Å². The smallest absolute Gasteiger partial charge is 0.123 e.